The van der Waals surface area contributed by atoms with Crippen molar-refractivity contribution in [2.45, 2.75) is 51.2 Å². The van der Waals surface area contributed by atoms with Crippen molar-refractivity contribution in [3.05, 3.63) is 0 Å². The maximum atomic E-state index is 12.1. The molecule has 2 aliphatic heterocycles. The van der Waals surface area contributed by atoms with E-state index in [2.05, 4.69) is 0 Å². The molecule has 1 atom stereocenters. The van der Waals surface area contributed by atoms with E-state index in [1.165, 1.54) is 0 Å². The molecule has 2 aliphatic rings. The zero-order valence-corrected chi connectivity index (χ0v) is 14.0. The molecule has 21 heavy (non-hydrogen) atoms. The average Bonchev–Trinajstić information content (AvgIpc) is 2.88. The molecule has 6 heteroatoms. The molecule has 122 valence electrons. The molecule has 0 aromatic heterocycles. The first-order valence-corrected chi connectivity index (χ1v) is 8.76. The van der Waals surface area contributed by atoms with Crippen LogP contribution >= 0.6 is 11.8 Å². The zero-order valence-electron chi connectivity index (χ0n) is 13.2. The molecule has 0 bridgehead atoms. The minimum absolute atomic E-state index is 0.0168. The second-order valence-electron chi connectivity index (χ2n) is 7.24. The lowest BCUT2D eigenvalue weighted by atomic mass is 9.67. The third kappa shape index (κ3) is 3.48. The number of hydrogen-bond acceptors (Lipinski definition) is 5. The van der Waals surface area contributed by atoms with Crippen molar-refractivity contribution in [3.63, 3.8) is 0 Å². The van der Waals surface area contributed by atoms with Gasteiger partial charge in [0.15, 0.2) is 0 Å². The highest BCUT2D eigenvalue weighted by atomic mass is 32.2. The molecule has 2 rings (SSSR count). The predicted molar refractivity (Wildman–Crippen MR) is 83.5 cm³/mol. The normalized spacial score (nSPS) is 29.5. The van der Waals surface area contributed by atoms with Gasteiger partial charge >= 0.3 is 6.09 Å². The first-order chi connectivity index (χ1) is 9.71. The van der Waals surface area contributed by atoms with Crippen molar-refractivity contribution in [1.29, 1.82) is 0 Å². The van der Waals surface area contributed by atoms with Crippen molar-refractivity contribution in [2.24, 2.45) is 5.41 Å². The third-order valence-electron chi connectivity index (χ3n) is 4.64. The van der Waals surface area contributed by atoms with Crippen LogP contribution in [-0.4, -0.2) is 63.6 Å². The van der Waals surface area contributed by atoms with Gasteiger partial charge in [-0.2, -0.15) is 11.8 Å². The molecule has 2 heterocycles. The SMILES string of the molecule is CC(C)(C)OC(=O)N1CCC(O)(C2(CO)CCSC2)CC1. The summed E-state index contributed by atoms with van der Waals surface area (Å²) in [5.74, 6) is 1.78. The maximum Gasteiger partial charge on any atom is 0.410 e. The zero-order chi connectivity index (χ0) is 15.7. The van der Waals surface area contributed by atoms with Crippen molar-refractivity contribution in [3.8, 4) is 0 Å². The molecule has 1 amide bonds. The number of nitrogens with zero attached hydrogens (tertiary/aromatic N) is 1. The number of amides is 1. The fourth-order valence-corrected chi connectivity index (χ4v) is 4.74. The molecular weight excluding hydrogens is 290 g/mol. The average molecular weight is 317 g/mol. The van der Waals surface area contributed by atoms with Gasteiger partial charge in [-0.15, -0.1) is 0 Å². The van der Waals surface area contributed by atoms with Gasteiger partial charge in [-0.3, -0.25) is 0 Å². The van der Waals surface area contributed by atoms with E-state index in [0.717, 1.165) is 17.9 Å². The van der Waals surface area contributed by atoms with Crippen LogP contribution in [0.2, 0.25) is 0 Å². The summed E-state index contributed by atoms with van der Waals surface area (Å²) in [6.07, 6.45) is 1.54. The topological polar surface area (TPSA) is 70.0 Å². The van der Waals surface area contributed by atoms with Crippen LogP contribution in [0.5, 0.6) is 0 Å². The quantitative estimate of drug-likeness (QED) is 0.813. The first-order valence-electron chi connectivity index (χ1n) is 7.60. The van der Waals surface area contributed by atoms with Crippen LogP contribution in [0, 0.1) is 5.41 Å². The Morgan fingerprint density at radius 2 is 1.90 bits per heavy atom. The monoisotopic (exact) mass is 317 g/mol. The molecule has 0 aromatic carbocycles. The summed E-state index contributed by atoms with van der Waals surface area (Å²) >= 11 is 1.79. The number of aliphatic hydroxyl groups excluding tert-OH is 1. The summed E-state index contributed by atoms with van der Waals surface area (Å²) in [6, 6.07) is 0. The van der Waals surface area contributed by atoms with E-state index < -0.39 is 16.6 Å². The van der Waals surface area contributed by atoms with Gasteiger partial charge in [0.1, 0.15) is 5.60 Å². The van der Waals surface area contributed by atoms with Crippen LogP contribution in [-0.2, 0) is 4.74 Å². The van der Waals surface area contributed by atoms with Gasteiger partial charge in [0, 0.05) is 24.3 Å². The van der Waals surface area contributed by atoms with Gasteiger partial charge in [0.25, 0.3) is 0 Å². The lowest BCUT2D eigenvalue weighted by Gasteiger charge is -2.48. The van der Waals surface area contributed by atoms with Crippen LogP contribution in [0.4, 0.5) is 4.79 Å². The van der Waals surface area contributed by atoms with Gasteiger partial charge in [0.2, 0.25) is 0 Å². The van der Waals surface area contributed by atoms with E-state index in [4.69, 9.17) is 4.74 Å². The van der Waals surface area contributed by atoms with E-state index in [-0.39, 0.29) is 12.7 Å². The Hall–Kier alpha value is -0.460. The minimum Gasteiger partial charge on any atom is -0.444 e. The number of thioether (sulfide) groups is 1. The van der Waals surface area contributed by atoms with Gasteiger partial charge in [0.05, 0.1) is 12.2 Å². The van der Waals surface area contributed by atoms with Crippen molar-refractivity contribution in [1.82, 2.24) is 4.90 Å². The predicted octanol–water partition coefficient (Wildman–Crippen LogP) is 1.86. The molecule has 0 radical (unpaired) electrons. The third-order valence-corrected chi connectivity index (χ3v) is 5.88. The summed E-state index contributed by atoms with van der Waals surface area (Å²) in [7, 11) is 0. The molecule has 0 aromatic rings. The Bertz CT molecular complexity index is 380. The van der Waals surface area contributed by atoms with Gasteiger partial charge < -0.3 is 19.8 Å². The molecule has 2 N–H and O–H groups in total. The number of ether oxygens (including phenoxy) is 1. The summed E-state index contributed by atoms with van der Waals surface area (Å²) in [5, 5.41) is 20.8. The number of carbonyl (C=O) groups excluding carboxylic acids is 1. The van der Waals surface area contributed by atoms with Gasteiger partial charge in [-0.05, 0) is 45.8 Å². The van der Waals surface area contributed by atoms with Gasteiger partial charge in [-0.1, -0.05) is 0 Å². The first kappa shape index (κ1) is 16.9. The molecule has 1 unspecified atom stereocenters. The number of hydrogen-bond donors (Lipinski definition) is 2. The number of piperidine rings is 1. The molecule has 5 nitrogen and oxygen atoms in total. The van der Waals surface area contributed by atoms with Crippen molar-refractivity contribution in [2.75, 3.05) is 31.2 Å². The van der Waals surface area contributed by atoms with Crippen LogP contribution in [0.15, 0.2) is 0 Å². The van der Waals surface area contributed by atoms with Crippen molar-refractivity contribution >= 4 is 17.9 Å². The summed E-state index contributed by atoms with van der Waals surface area (Å²) in [5.41, 5.74) is -1.78. The Labute approximate surface area is 131 Å². The molecule has 0 spiro atoms. The second kappa shape index (κ2) is 5.97. The number of likely N-dealkylation sites (tertiary alicyclic amines) is 1. The summed E-state index contributed by atoms with van der Waals surface area (Å²) < 4.78 is 5.37. The number of carbonyl (C=O) groups is 1. The smallest absolute Gasteiger partial charge is 0.410 e. The fourth-order valence-electron chi connectivity index (χ4n) is 3.16. The van der Waals surface area contributed by atoms with E-state index >= 15 is 0 Å². The van der Waals surface area contributed by atoms with Crippen LogP contribution in [0.25, 0.3) is 0 Å². The summed E-state index contributed by atoms with van der Waals surface area (Å²) in [6.45, 7) is 6.53. The Morgan fingerprint density at radius 3 is 2.33 bits per heavy atom. The lowest BCUT2D eigenvalue weighted by Crippen LogP contribution is -2.58. The largest absolute Gasteiger partial charge is 0.444 e. The van der Waals surface area contributed by atoms with Crippen LogP contribution in [0.1, 0.15) is 40.0 Å². The lowest BCUT2D eigenvalue weighted by molar-refractivity contribution is -0.127. The molecule has 2 fully saturated rings. The molecule has 2 saturated heterocycles. The Balaban J connectivity index is 1.97. The number of aliphatic hydroxyl groups is 2. The van der Waals surface area contributed by atoms with Crippen LogP contribution < -0.4 is 0 Å². The fraction of sp³-hybridized carbons (Fsp3) is 0.933. The van der Waals surface area contributed by atoms with Gasteiger partial charge in [-0.25, -0.2) is 4.79 Å². The minimum atomic E-state index is -0.871. The van der Waals surface area contributed by atoms with E-state index in [1.807, 2.05) is 20.8 Å². The Morgan fingerprint density at radius 1 is 1.29 bits per heavy atom. The molecular formula is C15H27NO4S. The summed E-state index contributed by atoms with van der Waals surface area (Å²) in [4.78, 5) is 13.7. The molecule has 0 saturated carbocycles. The van der Waals surface area contributed by atoms with E-state index in [9.17, 15) is 15.0 Å². The van der Waals surface area contributed by atoms with E-state index in [1.54, 1.807) is 16.7 Å². The molecule has 0 aliphatic carbocycles. The van der Waals surface area contributed by atoms with Crippen LogP contribution in [0.3, 0.4) is 0 Å². The highest BCUT2D eigenvalue weighted by Crippen LogP contribution is 2.48. The highest BCUT2D eigenvalue weighted by molar-refractivity contribution is 7.99. The highest BCUT2D eigenvalue weighted by Gasteiger charge is 2.53. The van der Waals surface area contributed by atoms with E-state index in [0.29, 0.717) is 25.9 Å². The Kier molecular flexibility index (Phi) is 4.81. The second-order valence-corrected chi connectivity index (χ2v) is 8.35. The maximum absolute atomic E-state index is 12.1. The standard InChI is InChI=1S/C15H27NO4S/c1-13(2,3)20-12(18)16-7-4-15(19,5-8-16)14(10-17)6-9-21-11-14/h17,19H,4-11H2,1-3H3. The number of rotatable bonds is 2. The van der Waals surface area contributed by atoms with Crippen molar-refractivity contribution < 1.29 is 19.7 Å².